The fourth-order valence-electron chi connectivity index (χ4n) is 3.30. The fourth-order valence-corrected chi connectivity index (χ4v) is 4.23. The van der Waals surface area contributed by atoms with Crippen LogP contribution in [-0.2, 0) is 23.8 Å². The zero-order chi connectivity index (χ0) is 24.8. The number of halogens is 2. The van der Waals surface area contributed by atoms with Gasteiger partial charge in [-0.05, 0) is 23.2 Å². The molecule has 2 aromatic rings. The molecule has 0 bridgehead atoms. The molecule has 2 heterocycles. The lowest BCUT2D eigenvalue weighted by molar-refractivity contribution is -0.153. The molecule has 180 valence electrons. The maximum Gasteiger partial charge on any atom is 0.351 e. The lowest BCUT2D eigenvalue weighted by Gasteiger charge is -2.22. The molecule has 0 aliphatic carbocycles. The van der Waals surface area contributed by atoms with E-state index in [4.69, 9.17) is 14.2 Å². The van der Waals surface area contributed by atoms with Crippen LogP contribution in [0.5, 0.6) is 0 Å². The van der Waals surface area contributed by atoms with Crippen molar-refractivity contribution in [1.82, 2.24) is 9.55 Å². The van der Waals surface area contributed by atoms with E-state index in [2.05, 4.69) is 42.2 Å². The van der Waals surface area contributed by atoms with Gasteiger partial charge in [-0.1, -0.05) is 50.1 Å². The van der Waals surface area contributed by atoms with Crippen molar-refractivity contribution in [2.45, 2.75) is 37.1 Å². The minimum absolute atomic E-state index is 0.0414. The van der Waals surface area contributed by atoms with Crippen LogP contribution in [-0.4, -0.2) is 51.0 Å². The summed E-state index contributed by atoms with van der Waals surface area (Å²) in [6, 6.07) is 8.48. The molecule has 1 saturated heterocycles. The van der Waals surface area contributed by atoms with E-state index in [0.717, 1.165) is 4.57 Å². The summed E-state index contributed by atoms with van der Waals surface area (Å²) in [5.74, 6) is -1.48. The summed E-state index contributed by atoms with van der Waals surface area (Å²) >= 11 is 6.62. The van der Waals surface area contributed by atoms with Gasteiger partial charge in [0.1, 0.15) is 18.5 Å². The van der Waals surface area contributed by atoms with Crippen molar-refractivity contribution in [2.24, 2.45) is 0 Å². The molecule has 0 saturated carbocycles. The van der Waals surface area contributed by atoms with Crippen LogP contribution in [0.4, 0.5) is 5.82 Å². The molecule has 34 heavy (non-hydrogen) atoms. The topological polar surface area (TPSA) is 126 Å². The highest BCUT2D eigenvalue weighted by Crippen LogP contribution is 2.36. The van der Waals surface area contributed by atoms with E-state index < -0.39 is 46.8 Å². The van der Waals surface area contributed by atoms with Gasteiger partial charge in [0.25, 0.3) is 5.91 Å². The Balaban J connectivity index is 1.96. The van der Waals surface area contributed by atoms with Gasteiger partial charge in [-0.3, -0.25) is 19.0 Å². The lowest BCUT2D eigenvalue weighted by atomic mass is 10.2. The van der Waals surface area contributed by atoms with Gasteiger partial charge in [0.05, 0.1) is 4.83 Å². The van der Waals surface area contributed by atoms with Crippen molar-refractivity contribution in [3.8, 4) is 0 Å². The van der Waals surface area contributed by atoms with Crippen LogP contribution in [0.3, 0.4) is 0 Å². The van der Waals surface area contributed by atoms with E-state index in [0.29, 0.717) is 11.1 Å². The van der Waals surface area contributed by atoms with Crippen LogP contribution < -0.4 is 11.0 Å². The van der Waals surface area contributed by atoms with Crippen LogP contribution >= 0.6 is 31.9 Å². The monoisotopic (exact) mass is 597 g/mol. The van der Waals surface area contributed by atoms with Gasteiger partial charge in [-0.15, -0.1) is 0 Å². The smallest absolute Gasteiger partial charge is 0.351 e. The highest BCUT2D eigenvalue weighted by molar-refractivity contribution is 9.11. The van der Waals surface area contributed by atoms with Crippen LogP contribution in [0, 0.1) is 0 Å². The maximum absolute atomic E-state index is 13.0. The van der Waals surface area contributed by atoms with E-state index >= 15 is 0 Å². The quantitative estimate of drug-likeness (QED) is 0.381. The largest absolute Gasteiger partial charge is 0.463 e. The van der Waals surface area contributed by atoms with Crippen molar-refractivity contribution in [3.63, 3.8) is 0 Å². The average Bonchev–Trinajstić information content (AvgIpc) is 3.09. The molecule has 12 heteroatoms. The molecule has 4 atom stereocenters. The molecule has 1 aromatic heterocycles. The summed E-state index contributed by atoms with van der Waals surface area (Å²) in [6.45, 7) is 2.38. The van der Waals surface area contributed by atoms with E-state index in [9.17, 15) is 19.2 Å². The number of nitrogens with zero attached hydrogens (tertiary/aromatic N) is 2. The molecule has 1 amide bonds. The molecule has 10 nitrogen and oxygen atoms in total. The number of hydrogen-bond acceptors (Lipinski definition) is 8. The number of hydrogen-bond donors (Lipinski definition) is 1. The second-order valence-electron chi connectivity index (χ2n) is 7.23. The highest BCUT2D eigenvalue weighted by Gasteiger charge is 2.47. The van der Waals surface area contributed by atoms with Crippen LogP contribution in [0.25, 0.3) is 6.08 Å². The van der Waals surface area contributed by atoms with E-state index in [-0.39, 0.29) is 12.4 Å². The highest BCUT2D eigenvalue weighted by atomic mass is 79.9. The maximum atomic E-state index is 13.0. The first kappa shape index (κ1) is 25.8. The van der Waals surface area contributed by atoms with Gasteiger partial charge in [0, 0.05) is 31.2 Å². The zero-order valence-corrected chi connectivity index (χ0v) is 21.3. The zero-order valence-electron chi connectivity index (χ0n) is 18.1. The van der Waals surface area contributed by atoms with Gasteiger partial charge in [-0.2, -0.15) is 4.98 Å². The summed E-state index contributed by atoms with van der Waals surface area (Å²) < 4.78 is 17.5. The Hall–Kier alpha value is -2.83. The third-order valence-corrected chi connectivity index (χ3v) is 6.16. The molecular weight excluding hydrogens is 578 g/mol. The summed E-state index contributed by atoms with van der Waals surface area (Å²) in [4.78, 5) is 53.5. The van der Waals surface area contributed by atoms with Crippen molar-refractivity contribution in [3.05, 3.63) is 63.1 Å². The van der Waals surface area contributed by atoms with Gasteiger partial charge in [-0.25, -0.2) is 4.79 Å². The van der Waals surface area contributed by atoms with Crippen LogP contribution in [0.1, 0.15) is 36.0 Å². The van der Waals surface area contributed by atoms with Crippen molar-refractivity contribution < 1.29 is 28.6 Å². The SMILES string of the molecule is CC(=O)OC[C@H]1O[C@@H](n2cc(C=CBr)c(NC(=O)c3ccccc3)nc2=O)[C@H](OC(C)=O)[C@H]1Br. The summed E-state index contributed by atoms with van der Waals surface area (Å²) in [5, 5.41) is 2.64. The van der Waals surface area contributed by atoms with E-state index in [1.54, 1.807) is 36.4 Å². The predicted molar refractivity (Wildman–Crippen MR) is 130 cm³/mol. The number of alkyl halides is 1. The molecule has 1 aliphatic heterocycles. The minimum Gasteiger partial charge on any atom is -0.463 e. The number of carbonyl (C=O) groups is 3. The first-order valence-electron chi connectivity index (χ1n) is 10.1. The first-order valence-corrected chi connectivity index (χ1v) is 11.9. The Bertz CT molecular complexity index is 1150. The molecule has 0 radical (unpaired) electrons. The second kappa shape index (κ2) is 11.5. The van der Waals surface area contributed by atoms with Crippen molar-refractivity contribution >= 4 is 61.6 Å². The molecular formula is C22H21Br2N3O7. The molecule has 1 N–H and O–H groups in total. The first-order chi connectivity index (χ1) is 16.2. The van der Waals surface area contributed by atoms with Crippen LogP contribution in [0.2, 0.25) is 0 Å². The van der Waals surface area contributed by atoms with Gasteiger partial charge in [0.15, 0.2) is 12.3 Å². The molecule has 1 fully saturated rings. The second-order valence-corrected chi connectivity index (χ2v) is 8.82. The van der Waals surface area contributed by atoms with Gasteiger partial charge in [0.2, 0.25) is 0 Å². The number of carbonyl (C=O) groups excluding carboxylic acids is 3. The van der Waals surface area contributed by atoms with Gasteiger partial charge < -0.3 is 19.5 Å². The number of ether oxygens (including phenoxy) is 3. The Morgan fingerprint density at radius 1 is 1.21 bits per heavy atom. The molecule has 3 rings (SSSR count). The number of anilines is 1. The summed E-state index contributed by atoms with van der Waals surface area (Å²) in [6.07, 6.45) is 0.348. The van der Waals surface area contributed by atoms with Gasteiger partial charge >= 0.3 is 17.6 Å². The summed E-state index contributed by atoms with van der Waals surface area (Å²) in [7, 11) is 0. The Labute approximate surface area is 211 Å². The minimum atomic E-state index is -1.06. The molecule has 0 spiro atoms. The Kier molecular flexibility index (Phi) is 8.75. The Morgan fingerprint density at radius 3 is 2.53 bits per heavy atom. The number of benzene rings is 1. The number of aromatic nitrogens is 2. The third kappa shape index (κ3) is 6.19. The van der Waals surface area contributed by atoms with E-state index in [1.165, 1.54) is 25.0 Å². The predicted octanol–water partition coefficient (Wildman–Crippen LogP) is 3.02. The Morgan fingerprint density at radius 2 is 1.91 bits per heavy atom. The fraction of sp³-hybridized carbons (Fsp3) is 0.318. The van der Waals surface area contributed by atoms with Crippen LogP contribution in [0.15, 0.2) is 46.3 Å². The molecule has 1 aliphatic rings. The standard InChI is InChI=1S/C22H21Br2N3O7/c1-12(28)32-11-16-17(24)18(33-13(2)29)21(34-16)27-10-15(8-9-23)19(26-22(27)31)25-20(30)14-6-4-3-5-7-14/h3-10,16-18,21H,11H2,1-2H3,(H,25,26,30,31)/t16-,17+,18-,21-/m1/s1. The number of nitrogens with one attached hydrogen (secondary N) is 1. The average molecular weight is 599 g/mol. The van der Waals surface area contributed by atoms with E-state index in [1.807, 2.05) is 0 Å². The van der Waals surface area contributed by atoms with Crippen molar-refractivity contribution in [1.29, 1.82) is 0 Å². The third-order valence-electron chi connectivity index (χ3n) is 4.78. The number of amides is 1. The summed E-state index contributed by atoms with van der Waals surface area (Å²) in [5.41, 5.74) is 0.0392. The normalized spacial score (nSPS) is 21.9. The number of rotatable bonds is 7. The molecule has 0 unspecified atom stereocenters. The number of esters is 2. The van der Waals surface area contributed by atoms with Crippen molar-refractivity contribution in [2.75, 3.05) is 11.9 Å². The molecule has 1 aromatic carbocycles. The lowest BCUT2D eigenvalue weighted by Crippen LogP contribution is -2.37.